The SMILES string of the molecule is COCCC[N-]CCCCCCOc1ccc(C2c3[nH]c4ccc(Cl)cc4c3CCN2C(=O)OCCOC)cc1.[Li+]. The minimum absolute atomic E-state index is 0. The Morgan fingerprint density at radius 1 is 0.951 bits per heavy atom. The van der Waals surface area contributed by atoms with E-state index in [9.17, 15) is 4.79 Å². The van der Waals surface area contributed by atoms with Gasteiger partial charge in [0.15, 0.2) is 0 Å². The molecule has 0 spiro atoms. The Bertz CT molecular complexity index is 1210. The summed E-state index contributed by atoms with van der Waals surface area (Å²) in [6.45, 7) is 4.38. The molecule has 0 saturated heterocycles. The second-order valence-corrected chi connectivity index (χ2v) is 10.4. The number of nitrogens with zero attached hydrogens (tertiary/aromatic N) is 2. The number of ether oxygens (including phenoxy) is 4. The van der Waals surface area contributed by atoms with Gasteiger partial charge in [0.1, 0.15) is 18.4 Å². The van der Waals surface area contributed by atoms with Crippen molar-refractivity contribution >= 4 is 28.6 Å². The summed E-state index contributed by atoms with van der Waals surface area (Å²) in [5.41, 5.74) is 4.18. The van der Waals surface area contributed by atoms with Crippen LogP contribution in [0.2, 0.25) is 5.02 Å². The third kappa shape index (κ3) is 9.41. The fourth-order valence-corrected chi connectivity index (χ4v) is 5.32. The number of hydrogen-bond acceptors (Lipinski definition) is 5. The van der Waals surface area contributed by atoms with E-state index in [1.54, 1.807) is 19.1 Å². The van der Waals surface area contributed by atoms with Gasteiger partial charge in [0, 0.05) is 49.0 Å². The first-order valence-electron chi connectivity index (χ1n) is 14.2. The predicted molar refractivity (Wildman–Crippen MR) is 159 cm³/mol. The minimum Gasteiger partial charge on any atom is -0.662 e. The van der Waals surface area contributed by atoms with E-state index in [1.807, 2.05) is 42.5 Å². The second-order valence-electron chi connectivity index (χ2n) is 10.0. The monoisotopic (exact) mass is 577 g/mol. The topological polar surface area (TPSA) is 87.1 Å². The Balaban J connectivity index is 0.00000462. The third-order valence-corrected chi connectivity index (χ3v) is 7.41. The molecule has 2 heterocycles. The average molecular weight is 578 g/mol. The molecule has 1 aliphatic heterocycles. The predicted octanol–water partition coefficient (Wildman–Crippen LogP) is 3.91. The molecule has 1 amide bonds. The van der Waals surface area contributed by atoms with Crippen LogP contribution >= 0.6 is 11.6 Å². The van der Waals surface area contributed by atoms with Crippen molar-refractivity contribution in [1.29, 1.82) is 0 Å². The molecule has 0 bridgehead atoms. The van der Waals surface area contributed by atoms with Crippen LogP contribution in [0.25, 0.3) is 16.2 Å². The molecular formula is C31H41ClLiN3O5. The van der Waals surface area contributed by atoms with Crippen molar-refractivity contribution in [3.05, 3.63) is 69.6 Å². The van der Waals surface area contributed by atoms with E-state index in [2.05, 4.69) is 10.3 Å². The van der Waals surface area contributed by atoms with Crippen LogP contribution in [0.1, 0.15) is 55.0 Å². The Morgan fingerprint density at radius 3 is 2.49 bits per heavy atom. The van der Waals surface area contributed by atoms with Crippen LogP contribution in [0.4, 0.5) is 4.79 Å². The molecule has 1 aliphatic rings. The number of aromatic amines is 1. The molecule has 1 aromatic heterocycles. The molecule has 1 atom stereocenters. The molecule has 3 aromatic rings. The molecular weight excluding hydrogens is 537 g/mol. The number of nitrogens with one attached hydrogen (secondary N) is 1. The Labute approximate surface area is 260 Å². The van der Waals surface area contributed by atoms with Gasteiger partial charge in [-0.05, 0) is 60.7 Å². The molecule has 0 aliphatic carbocycles. The van der Waals surface area contributed by atoms with Gasteiger partial charge in [0.2, 0.25) is 0 Å². The number of carbonyl (C=O) groups excluding carboxylic acids is 1. The quantitative estimate of drug-likeness (QED) is 0.206. The molecule has 0 fully saturated rings. The number of carbonyl (C=O) groups is 1. The van der Waals surface area contributed by atoms with Crippen LogP contribution in [0, 0.1) is 0 Å². The van der Waals surface area contributed by atoms with E-state index in [-0.39, 0.29) is 37.6 Å². The van der Waals surface area contributed by atoms with Crippen LogP contribution in [0.5, 0.6) is 5.75 Å². The smallest absolute Gasteiger partial charge is 0.662 e. The maximum atomic E-state index is 13.1. The summed E-state index contributed by atoms with van der Waals surface area (Å²) in [5, 5.41) is 6.32. The first kappa shape index (κ1) is 33.3. The zero-order chi connectivity index (χ0) is 28.2. The number of aromatic nitrogens is 1. The van der Waals surface area contributed by atoms with E-state index in [0.717, 1.165) is 79.7 Å². The van der Waals surface area contributed by atoms with E-state index < -0.39 is 0 Å². The van der Waals surface area contributed by atoms with Crippen molar-refractivity contribution in [3.8, 4) is 5.75 Å². The van der Waals surface area contributed by atoms with E-state index in [1.165, 1.54) is 5.56 Å². The van der Waals surface area contributed by atoms with Crippen molar-refractivity contribution in [1.82, 2.24) is 9.88 Å². The van der Waals surface area contributed by atoms with Gasteiger partial charge >= 0.3 is 25.0 Å². The molecule has 0 radical (unpaired) electrons. The van der Waals surface area contributed by atoms with Gasteiger partial charge in [-0.25, -0.2) is 4.79 Å². The van der Waals surface area contributed by atoms with Gasteiger partial charge in [0.25, 0.3) is 0 Å². The molecule has 10 heteroatoms. The van der Waals surface area contributed by atoms with Gasteiger partial charge in [-0.2, -0.15) is 0 Å². The summed E-state index contributed by atoms with van der Waals surface area (Å²) in [5.74, 6) is 0.825. The van der Waals surface area contributed by atoms with Gasteiger partial charge < -0.3 is 29.2 Å². The molecule has 218 valence electrons. The Morgan fingerprint density at radius 2 is 1.71 bits per heavy atom. The third-order valence-electron chi connectivity index (χ3n) is 7.18. The van der Waals surface area contributed by atoms with Crippen molar-refractivity contribution < 1.29 is 42.6 Å². The van der Waals surface area contributed by atoms with Gasteiger partial charge in [0.05, 0.1) is 13.2 Å². The number of fused-ring (bicyclic) bond motifs is 3. The van der Waals surface area contributed by atoms with E-state index >= 15 is 0 Å². The van der Waals surface area contributed by atoms with Crippen LogP contribution in [0.15, 0.2) is 42.5 Å². The molecule has 1 N–H and O–H groups in total. The van der Waals surface area contributed by atoms with Crippen molar-refractivity contribution in [2.45, 2.75) is 44.6 Å². The molecule has 0 saturated carbocycles. The van der Waals surface area contributed by atoms with Gasteiger partial charge in [-0.1, -0.05) is 43.0 Å². The van der Waals surface area contributed by atoms with E-state index in [0.29, 0.717) is 31.2 Å². The van der Waals surface area contributed by atoms with E-state index in [4.69, 9.17) is 30.5 Å². The Hall–Kier alpha value is -2.18. The number of hydrogen-bond donors (Lipinski definition) is 1. The van der Waals surface area contributed by atoms with Crippen LogP contribution in [-0.2, 0) is 20.6 Å². The number of unbranched alkanes of at least 4 members (excludes halogenated alkanes) is 3. The standard InChI is InChI=1S/C31H41ClN3O5.Li/c1-37-18-7-16-33-15-5-3-4-6-19-39-25-11-8-23(9-12-25)30-29-26(27-22-24(32)10-13-28(27)34-29)14-17-35(30)31(36)40-21-20-38-2;/h8-13,22,30,34H,3-7,14-21H2,1-2H3;/q-1;+1. The number of halogens is 1. The van der Waals surface area contributed by atoms with Crippen LogP contribution in [-0.4, -0.2) is 76.3 Å². The van der Waals surface area contributed by atoms with Crippen molar-refractivity contribution in [2.24, 2.45) is 0 Å². The summed E-state index contributed by atoms with van der Waals surface area (Å²) < 4.78 is 21.6. The molecule has 8 nitrogen and oxygen atoms in total. The summed E-state index contributed by atoms with van der Waals surface area (Å²) in [6, 6.07) is 13.6. The van der Waals surface area contributed by atoms with Crippen LogP contribution < -0.4 is 23.6 Å². The fourth-order valence-electron chi connectivity index (χ4n) is 5.15. The molecule has 1 unspecified atom stereocenters. The number of benzene rings is 2. The largest absolute Gasteiger partial charge is 1.00 e. The van der Waals surface area contributed by atoms with Gasteiger partial charge in [-0.15, -0.1) is 13.1 Å². The Kier molecular flexibility index (Phi) is 14.4. The summed E-state index contributed by atoms with van der Waals surface area (Å²) in [6.07, 6.45) is 5.78. The number of H-pyrrole nitrogens is 1. The normalized spacial score (nSPS) is 14.5. The molecule has 41 heavy (non-hydrogen) atoms. The average Bonchev–Trinajstić information content (AvgIpc) is 3.33. The number of amides is 1. The number of rotatable bonds is 16. The minimum atomic E-state index is -0.354. The van der Waals surface area contributed by atoms with Crippen LogP contribution in [0.3, 0.4) is 0 Å². The zero-order valence-corrected chi connectivity index (χ0v) is 25.4. The maximum Gasteiger partial charge on any atom is 1.00 e. The van der Waals surface area contributed by atoms with Gasteiger partial charge in [-0.3, -0.25) is 4.90 Å². The molecule has 2 aromatic carbocycles. The summed E-state index contributed by atoms with van der Waals surface area (Å²) in [4.78, 5) is 18.5. The summed E-state index contributed by atoms with van der Waals surface area (Å²) >= 11 is 6.31. The first-order valence-corrected chi connectivity index (χ1v) is 14.6. The first-order chi connectivity index (χ1) is 19.6. The second kappa shape index (κ2) is 17.7. The maximum absolute atomic E-state index is 13.1. The fraction of sp³-hybridized carbons (Fsp3) is 0.516. The summed E-state index contributed by atoms with van der Waals surface area (Å²) in [7, 11) is 3.31. The number of methoxy groups -OCH3 is 2. The molecule has 4 rings (SSSR count). The van der Waals surface area contributed by atoms with Crippen molar-refractivity contribution in [3.63, 3.8) is 0 Å². The van der Waals surface area contributed by atoms with Crippen molar-refractivity contribution in [2.75, 3.05) is 60.3 Å². The zero-order valence-electron chi connectivity index (χ0n) is 24.6.